The molecule has 0 radical (unpaired) electrons. The van der Waals surface area contributed by atoms with Gasteiger partial charge >= 0.3 is 6.03 Å². The molecule has 0 spiro atoms. The summed E-state index contributed by atoms with van der Waals surface area (Å²) < 4.78 is 27.6. The summed E-state index contributed by atoms with van der Waals surface area (Å²) in [6.07, 6.45) is 0.373. The maximum Gasteiger partial charge on any atom is 0.323 e. The van der Waals surface area contributed by atoms with Crippen molar-refractivity contribution in [3.05, 3.63) is 51.7 Å². The molecule has 0 saturated carbocycles. The van der Waals surface area contributed by atoms with E-state index < -0.39 is 23.2 Å². The van der Waals surface area contributed by atoms with E-state index in [1.165, 1.54) is 0 Å². The average Bonchev–Trinajstić information content (AvgIpc) is 2.93. The topological polar surface area (TPSA) is 104 Å². The number of anilines is 2. The number of carbonyl (C=O) groups excluding carboxylic acids is 1. The zero-order valence-corrected chi connectivity index (χ0v) is 13.4. The van der Waals surface area contributed by atoms with E-state index in [1.54, 1.807) is 13.8 Å². The van der Waals surface area contributed by atoms with Gasteiger partial charge in [-0.3, -0.25) is 9.89 Å². The van der Waals surface area contributed by atoms with Crippen molar-refractivity contribution < 1.29 is 13.6 Å². The standard InChI is InChI=1S/C15H14F2N6O2/c1-3-10-12(13(24)23-14(19-10)18-7(2)22-23)21-15(25)20-11-5-4-8(16)6-9(11)17/h4-6H,3H2,1-2H3,(H,18,19,22)(H2,20,21,25). The highest BCUT2D eigenvalue weighted by atomic mass is 19.1. The van der Waals surface area contributed by atoms with Crippen LogP contribution >= 0.6 is 0 Å². The molecule has 8 nitrogen and oxygen atoms in total. The maximum atomic E-state index is 13.6. The van der Waals surface area contributed by atoms with Crippen LogP contribution in [0.5, 0.6) is 0 Å². The number of H-pyrrole nitrogens is 1. The van der Waals surface area contributed by atoms with E-state index in [4.69, 9.17) is 0 Å². The molecule has 0 fully saturated rings. The van der Waals surface area contributed by atoms with Gasteiger partial charge in [0.1, 0.15) is 23.1 Å². The minimum absolute atomic E-state index is 0.0522. The third-order valence-corrected chi connectivity index (χ3v) is 3.43. The predicted molar refractivity (Wildman–Crippen MR) is 86.7 cm³/mol. The van der Waals surface area contributed by atoms with Crippen LogP contribution in [0.3, 0.4) is 0 Å². The lowest BCUT2D eigenvalue weighted by molar-refractivity contribution is 0.262. The number of carbonyl (C=O) groups is 1. The molecule has 0 unspecified atom stereocenters. The first-order chi connectivity index (χ1) is 11.9. The van der Waals surface area contributed by atoms with Gasteiger partial charge in [0.2, 0.25) is 0 Å². The quantitative estimate of drug-likeness (QED) is 0.675. The molecule has 0 saturated heterocycles. The molecule has 130 valence electrons. The monoisotopic (exact) mass is 348 g/mol. The van der Waals surface area contributed by atoms with Crippen LogP contribution in [0.4, 0.5) is 25.0 Å². The Balaban J connectivity index is 1.92. The zero-order valence-electron chi connectivity index (χ0n) is 13.4. The molecule has 3 N–H and O–H groups in total. The van der Waals surface area contributed by atoms with Crippen LogP contribution in [-0.2, 0) is 6.42 Å². The second-order valence-electron chi connectivity index (χ2n) is 5.24. The molecule has 1 aromatic carbocycles. The minimum atomic E-state index is -0.930. The summed E-state index contributed by atoms with van der Waals surface area (Å²) in [6, 6.07) is 1.88. The molecule has 3 aromatic rings. The number of hydrogen-bond donors (Lipinski definition) is 3. The summed E-state index contributed by atoms with van der Waals surface area (Å²) >= 11 is 0. The van der Waals surface area contributed by atoms with E-state index in [0.29, 0.717) is 24.0 Å². The van der Waals surface area contributed by atoms with Gasteiger partial charge in [-0.25, -0.2) is 18.6 Å². The van der Waals surface area contributed by atoms with Crippen molar-refractivity contribution in [2.45, 2.75) is 20.3 Å². The molecule has 2 heterocycles. The molecule has 10 heteroatoms. The number of nitrogens with one attached hydrogen (secondary N) is 3. The second kappa shape index (κ2) is 6.30. The number of rotatable bonds is 3. The number of aromatic amines is 1. The van der Waals surface area contributed by atoms with E-state index in [9.17, 15) is 18.4 Å². The Bertz CT molecular complexity index is 1030. The van der Waals surface area contributed by atoms with Crippen molar-refractivity contribution in [3.63, 3.8) is 0 Å². The third kappa shape index (κ3) is 3.18. The molecule has 0 bridgehead atoms. The van der Waals surface area contributed by atoms with Crippen molar-refractivity contribution in [1.29, 1.82) is 0 Å². The predicted octanol–water partition coefficient (Wildman–Crippen LogP) is 2.21. The molecule has 2 amide bonds. The van der Waals surface area contributed by atoms with Gasteiger partial charge in [0.25, 0.3) is 11.3 Å². The van der Waals surface area contributed by atoms with Gasteiger partial charge in [0, 0.05) is 6.07 Å². The van der Waals surface area contributed by atoms with Gasteiger partial charge in [-0.2, -0.15) is 9.50 Å². The zero-order chi connectivity index (χ0) is 18.1. The third-order valence-electron chi connectivity index (χ3n) is 3.43. The van der Waals surface area contributed by atoms with Crippen molar-refractivity contribution >= 4 is 23.2 Å². The van der Waals surface area contributed by atoms with Gasteiger partial charge < -0.3 is 10.6 Å². The molecule has 0 aliphatic carbocycles. The lowest BCUT2D eigenvalue weighted by Crippen LogP contribution is -2.28. The molecule has 0 aliphatic rings. The number of benzene rings is 1. The van der Waals surface area contributed by atoms with Gasteiger partial charge in [0.05, 0.1) is 11.4 Å². The fraction of sp³-hybridized carbons (Fsp3) is 0.200. The van der Waals surface area contributed by atoms with Crippen LogP contribution in [-0.4, -0.2) is 25.6 Å². The first kappa shape index (κ1) is 16.6. The lowest BCUT2D eigenvalue weighted by Gasteiger charge is -2.10. The highest BCUT2D eigenvalue weighted by Crippen LogP contribution is 2.16. The Morgan fingerprint density at radius 1 is 1.28 bits per heavy atom. The SMILES string of the molecule is CCc1nc2nc(C)[nH]n2c(=O)c1NC(=O)Nc1ccc(F)cc1F. The van der Waals surface area contributed by atoms with E-state index in [0.717, 1.165) is 16.6 Å². The van der Waals surface area contributed by atoms with Crippen LogP contribution in [0.25, 0.3) is 5.78 Å². The first-order valence-corrected chi connectivity index (χ1v) is 7.40. The number of fused-ring (bicyclic) bond motifs is 1. The molecule has 0 aliphatic heterocycles. The number of halogens is 2. The largest absolute Gasteiger partial charge is 0.323 e. The Morgan fingerprint density at radius 3 is 2.72 bits per heavy atom. The van der Waals surface area contributed by atoms with Gasteiger partial charge in [0.15, 0.2) is 0 Å². The van der Waals surface area contributed by atoms with Gasteiger partial charge in [-0.05, 0) is 25.5 Å². The Labute approximate surface area is 139 Å². The van der Waals surface area contributed by atoms with Crippen LogP contribution in [0.15, 0.2) is 23.0 Å². The summed E-state index contributed by atoms with van der Waals surface area (Å²) in [5.74, 6) is -1.02. The maximum absolute atomic E-state index is 13.6. The average molecular weight is 348 g/mol. The summed E-state index contributed by atoms with van der Waals surface area (Å²) in [5.41, 5.74) is -0.476. The van der Waals surface area contributed by atoms with Gasteiger partial charge in [-0.1, -0.05) is 6.92 Å². The number of hydrogen-bond acceptors (Lipinski definition) is 4. The fourth-order valence-electron chi connectivity index (χ4n) is 2.30. The number of aryl methyl sites for hydroxylation is 2. The van der Waals surface area contributed by atoms with Crippen LogP contribution in [0.1, 0.15) is 18.4 Å². The number of aromatic nitrogens is 4. The van der Waals surface area contributed by atoms with Crippen molar-refractivity contribution in [1.82, 2.24) is 19.6 Å². The van der Waals surface area contributed by atoms with E-state index in [2.05, 4.69) is 25.7 Å². The normalized spacial score (nSPS) is 10.9. The molecule has 25 heavy (non-hydrogen) atoms. The Kier molecular flexibility index (Phi) is 4.17. The van der Waals surface area contributed by atoms with Crippen LogP contribution < -0.4 is 16.2 Å². The van der Waals surface area contributed by atoms with Crippen molar-refractivity contribution in [2.24, 2.45) is 0 Å². The lowest BCUT2D eigenvalue weighted by atomic mass is 10.2. The smallest absolute Gasteiger partial charge is 0.305 e. The summed E-state index contributed by atoms with van der Waals surface area (Å²) in [7, 11) is 0. The summed E-state index contributed by atoms with van der Waals surface area (Å²) in [4.78, 5) is 32.9. The highest BCUT2D eigenvalue weighted by molar-refractivity contribution is 6.00. The number of nitrogens with zero attached hydrogens (tertiary/aromatic N) is 3. The molecular weight excluding hydrogens is 334 g/mol. The minimum Gasteiger partial charge on any atom is -0.305 e. The highest BCUT2D eigenvalue weighted by Gasteiger charge is 2.17. The summed E-state index contributed by atoms with van der Waals surface area (Å²) in [6.45, 7) is 3.43. The Hall–Kier alpha value is -3.30. The second-order valence-corrected chi connectivity index (χ2v) is 5.24. The fourth-order valence-corrected chi connectivity index (χ4v) is 2.30. The molecular formula is C15H14F2N6O2. The van der Waals surface area contributed by atoms with E-state index in [-0.39, 0.29) is 17.2 Å². The number of urea groups is 1. The molecule has 0 atom stereocenters. The Morgan fingerprint density at radius 2 is 2.04 bits per heavy atom. The first-order valence-electron chi connectivity index (χ1n) is 7.40. The molecule has 2 aromatic heterocycles. The van der Waals surface area contributed by atoms with Crippen molar-refractivity contribution in [2.75, 3.05) is 10.6 Å². The van der Waals surface area contributed by atoms with E-state index in [1.807, 2.05) is 0 Å². The van der Waals surface area contributed by atoms with Crippen LogP contribution in [0.2, 0.25) is 0 Å². The van der Waals surface area contributed by atoms with Gasteiger partial charge in [-0.15, -0.1) is 0 Å². The van der Waals surface area contributed by atoms with Crippen LogP contribution in [0, 0.1) is 18.6 Å². The van der Waals surface area contributed by atoms with E-state index >= 15 is 0 Å². The van der Waals surface area contributed by atoms with Crippen molar-refractivity contribution in [3.8, 4) is 0 Å². The molecule has 3 rings (SSSR count). The summed E-state index contributed by atoms with van der Waals surface area (Å²) in [5, 5.41) is 7.31. The number of amides is 2.